The molecule has 33 heavy (non-hydrogen) atoms. The summed E-state index contributed by atoms with van der Waals surface area (Å²) in [5.74, 6) is 2.14. The van der Waals surface area contributed by atoms with Crippen LogP contribution in [0.2, 0.25) is 0 Å². The van der Waals surface area contributed by atoms with Gasteiger partial charge in [-0.15, -0.1) is 0 Å². The number of carbonyl (C=O) groups is 1. The maximum atomic E-state index is 12.8. The summed E-state index contributed by atoms with van der Waals surface area (Å²) >= 11 is 0. The Kier molecular flexibility index (Phi) is 6.41. The van der Waals surface area contributed by atoms with Gasteiger partial charge >= 0.3 is 0 Å². The Morgan fingerprint density at radius 2 is 1.79 bits per heavy atom. The first kappa shape index (κ1) is 24.9. The average molecular weight is 455 g/mol. The van der Waals surface area contributed by atoms with E-state index >= 15 is 0 Å². The first-order valence-corrected chi connectivity index (χ1v) is 13.3. The van der Waals surface area contributed by atoms with Gasteiger partial charge in [0, 0.05) is 11.8 Å². The van der Waals surface area contributed by atoms with Crippen LogP contribution < -0.4 is 0 Å². The zero-order chi connectivity index (χ0) is 24.2. The van der Waals surface area contributed by atoms with Crippen molar-refractivity contribution < 1.29 is 15.0 Å². The van der Waals surface area contributed by atoms with Crippen LogP contribution in [0, 0.1) is 39.4 Å². The smallest absolute Gasteiger partial charge is 0.138 e. The van der Waals surface area contributed by atoms with E-state index in [4.69, 9.17) is 0 Å². The summed E-state index contributed by atoms with van der Waals surface area (Å²) in [6.45, 7) is 14.2. The molecule has 184 valence electrons. The fourth-order valence-corrected chi connectivity index (χ4v) is 8.69. The quantitative estimate of drug-likeness (QED) is 0.456. The van der Waals surface area contributed by atoms with E-state index in [0.717, 1.165) is 44.1 Å². The number of hydrogen-bond acceptors (Lipinski definition) is 3. The van der Waals surface area contributed by atoms with Crippen molar-refractivity contribution in [2.24, 2.45) is 39.4 Å². The van der Waals surface area contributed by atoms with E-state index in [1.165, 1.54) is 12.8 Å². The summed E-state index contributed by atoms with van der Waals surface area (Å²) in [7, 11) is 0. The minimum Gasteiger partial charge on any atom is -0.392 e. The molecular formula is C30H46O3. The summed E-state index contributed by atoms with van der Waals surface area (Å²) in [5, 5.41) is 18.7. The van der Waals surface area contributed by atoms with Crippen molar-refractivity contribution in [3.63, 3.8) is 0 Å². The Bertz CT molecular complexity index is 886. The number of Topliss-reactive ketones (excluding diaryl/α,β-unsaturated/α-hetero) is 1. The number of rotatable bonds is 6. The highest BCUT2D eigenvalue weighted by molar-refractivity contribution is 5.86. The predicted octanol–water partition coefficient (Wildman–Crippen LogP) is 6.41. The third-order valence-corrected chi connectivity index (χ3v) is 11.2. The number of carbonyl (C=O) groups excluding carboxylic acids is 1. The largest absolute Gasteiger partial charge is 0.392 e. The van der Waals surface area contributed by atoms with Gasteiger partial charge in [0.15, 0.2) is 0 Å². The molecule has 2 fully saturated rings. The molecule has 0 heterocycles. The standard InChI is InChI=1S/C30H46O3/c1-20(8-7-9-21(18-31)19-32)22-12-16-30(6)24-10-11-25-27(2,3)26(33)14-15-28(25,4)23(24)13-17-29(22,30)5/h9-10,13,20,22,25,31-32H,7-8,11-12,14-19H2,1-6H3/t20?,22-,25?,28-,29-,30+/m1/s1. The molecule has 2 saturated carbocycles. The van der Waals surface area contributed by atoms with Gasteiger partial charge < -0.3 is 10.2 Å². The van der Waals surface area contributed by atoms with E-state index in [2.05, 4.69) is 53.7 Å². The minimum absolute atomic E-state index is 0.0476. The SMILES string of the molecule is CC(CCC=C(CO)CO)[C@H]1CC[C@@]2(C)C3=CCC4C(C)(C)C(=O)CC[C@]4(C)C3=CC[C@]12C. The molecule has 0 aromatic carbocycles. The molecule has 4 aliphatic carbocycles. The number of fused-ring (bicyclic) bond motifs is 5. The van der Waals surface area contributed by atoms with E-state index in [-0.39, 0.29) is 34.9 Å². The van der Waals surface area contributed by atoms with Gasteiger partial charge in [0.25, 0.3) is 0 Å². The Balaban J connectivity index is 1.61. The van der Waals surface area contributed by atoms with E-state index in [1.807, 2.05) is 6.08 Å². The van der Waals surface area contributed by atoms with Gasteiger partial charge in [0.05, 0.1) is 13.2 Å². The van der Waals surface area contributed by atoms with Crippen LogP contribution in [0.4, 0.5) is 0 Å². The molecule has 4 rings (SSSR count). The molecule has 0 radical (unpaired) electrons. The number of aliphatic hydroxyl groups is 2. The predicted molar refractivity (Wildman–Crippen MR) is 135 cm³/mol. The number of allylic oxidation sites excluding steroid dienone is 5. The second-order valence-electron chi connectivity index (χ2n) is 12.9. The third kappa shape index (κ3) is 3.56. The zero-order valence-corrected chi connectivity index (χ0v) is 21.8. The number of hydrogen-bond donors (Lipinski definition) is 2. The summed E-state index contributed by atoms with van der Waals surface area (Å²) in [4.78, 5) is 12.8. The Hall–Kier alpha value is -1.19. The summed E-state index contributed by atoms with van der Waals surface area (Å²) in [6.07, 6.45) is 15.6. The molecule has 3 nitrogen and oxygen atoms in total. The summed E-state index contributed by atoms with van der Waals surface area (Å²) in [5.41, 5.74) is 4.26. The molecule has 0 saturated heterocycles. The van der Waals surface area contributed by atoms with Crippen molar-refractivity contribution in [3.8, 4) is 0 Å². The van der Waals surface area contributed by atoms with Gasteiger partial charge in [-0.25, -0.2) is 0 Å². The highest BCUT2D eigenvalue weighted by atomic mass is 16.3. The van der Waals surface area contributed by atoms with E-state index in [9.17, 15) is 15.0 Å². The molecule has 4 aliphatic rings. The maximum absolute atomic E-state index is 12.8. The molecule has 0 aromatic heterocycles. The lowest BCUT2D eigenvalue weighted by molar-refractivity contribution is -0.138. The molecular weight excluding hydrogens is 408 g/mol. The number of ketones is 1. The molecule has 0 spiro atoms. The minimum atomic E-state index is -0.236. The van der Waals surface area contributed by atoms with Crippen LogP contribution in [-0.4, -0.2) is 29.2 Å². The van der Waals surface area contributed by atoms with Crippen LogP contribution in [0.15, 0.2) is 34.9 Å². The third-order valence-electron chi connectivity index (χ3n) is 11.2. The second-order valence-corrected chi connectivity index (χ2v) is 12.9. The average Bonchev–Trinajstić information content (AvgIpc) is 3.05. The van der Waals surface area contributed by atoms with Crippen molar-refractivity contribution in [1.82, 2.24) is 0 Å². The van der Waals surface area contributed by atoms with Crippen molar-refractivity contribution in [2.75, 3.05) is 13.2 Å². The summed E-state index contributed by atoms with van der Waals surface area (Å²) in [6, 6.07) is 0. The first-order valence-electron chi connectivity index (χ1n) is 13.3. The first-order chi connectivity index (χ1) is 15.5. The van der Waals surface area contributed by atoms with E-state index in [1.54, 1.807) is 11.1 Å². The van der Waals surface area contributed by atoms with E-state index in [0.29, 0.717) is 23.5 Å². The van der Waals surface area contributed by atoms with Gasteiger partial charge in [0.1, 0.15) is 5.78 Å². The van der Waals surface area contributed by atoms with Gasteiger partial charge in [-0.05, 0) is 95.7 Å². The fraction of sp³-hybridized carbons (Fsp3) is 0.767. The molecule has 2 N–H and O–H groups in total. The van der Waals surface area contributed by atoms with Crippen molar-refractivity contribution in [2.45, 2.75) is 92.9 Å². The van der Waals surface area contributed by atoms with Crippen molar-refractivity contribution in [1.29, 1.82) is 0 Å². The lowest BCUT2D eigenvalue weighted by Gasteiger charge is -2.59. The van der Waals surface area contributed by atoms with Gasteiger partial charge in [-0.3, -0.25) is 4.79 Å². The van der Waals surface area contributed by atoms with Crippen LogP contribution in [0.3, 0.4) is 0 Å². The summed E-state index contributed by atoms with van der Waals surface area (Å²) < 4.78 is 0. The Morgan fingerprint density at radius 3 is 2.45 bits per heavy atom. The molecule has 0 aromatic rings. The molecule has 3 heteroatoms. The van der Waals surface area contributed by atoms with Crippen molar-refractivity contribution in [3.05, 3.63) is 34.9 Å². The normalized spacial score (nSPS) is 40.2. The highest BCUT2D eigenvalue weighted by Crippen LogP contribution is 2.71. The maximum Gasteiger partial charge on any atom is 0.138 e. The van der Waals surface area contributed by atoms with Crippen LogP contribution >= 0.6 is 0 Å². The topological polar surface area (TPSA) is 57.5 Å². The fourth-order valence-electron chi connectivity index (χ4n) is 8.69. The lowest BCUT2D eigenvalue weighted by Crippen LogP contribution is -2.53. The Morgan fingerprint density at radius 1 is 1.09 bits per heavy atom. The van der Waals surface area contributed by atoms with Crippen LogP contribution in [0.25, 0.3) is 0 Å². The molecule has 0 amide bonds. The zero-order valence-electron chi connectivity index (χ0n) is 21.8. The van der Waals surface area contributed by atoms with Crippen molar-refractivity contribution >= 4 is 5.78 Å². The van der Waals surface area contributed by atoms with Crippen LogP contribution in [0.5, 0.6) is 0 Å². The van der Waals surface area contributed by atoms with Crippen LogP contribution in [-0.2, 0) is 4.79 Å². The van der Waals surface area contributed by atoms with Crippen LogP contribution in [0.1, 0.15) is 92.9 Å². The van der Waals surface area contributed by atoms with Gasteiger partial charge in [-0.1, -0.05) is 59.8 Å². The van der Waals surface area contributed by atoms with Gasteiger partial charge in [-0.2, -0.15) is 0 Å². The second kappa shape index (κ2) is 8.48. The highest BCUT2D eigenvalue weighted by Gasteiger charge is 2.63. The number of aliphatic hydroxyl groups excluding tert-OH is 2. The lowest BCUT2D eigenvalue weighted by atomic mass is 9.44. The molecule has 2 unspecified atom stereocenters. The van der Waals surface area contributed by atoms with E-state index < -0.39 is 0 Å². The molecule has 0 aliphatic heterocycles. The Labute approximate surface area is 201 Å². The van der Waals surface area contributed by atoms with Gasteiger partial charge in [0.2, 0.25) is 0 Å². The molecule has 0 bridgehead atoms. The monoisotopic (exact) mass is 454 g/mol. The molecule has 6 atom stereocenters.